The average molecular weight is 1180 g/mol. The number of nitrogens with zero attached hydrogens (tertiary/aromatic N) is 15. The summed E-state index contributed by atoms with van der Waals surface area (Å²) >= 11 is 0.250. The van der Waals surface area contributed by atoms with Crippen molar-refractivity contribution in [3.8, 4) is 51.4 Å². The third-order valence-electron chi connectivity index (χ3n) is 12.0. The minimum atomic E-state index is -2.84. The molecule has 3 aliphatic carbocycles. The Hall–Kier alpha value is -8.27. The number of alkyl halides is 12. The smallest absolute Gasteiger partial charge is 0.297 e. The number of pyridine rings is 3. The number of hydrogen-bond acceptors (Lipinski definition) is 16. The van der Waals surface area contributed by atoms with Crippen molar-refractivity contribution in [3.05, 3.63) is 109 Å². The van der Waals surface area contributed by atoms with Gasteiger partial charge < -0.3 is 14.2 Å². The molecule has 0 bridgehead atoms. The largest absolute Gasteiger partial charge is 0.475 e. The Labute approximate surface area is 446 Å². The van der Waals surface area contributed by atoms with Gasteiger partial charge in [-0.3, -0.25) is 28.2 Å². The number of aromatic nitrogens is 15. The zero-order valence-electron chi connectivity index (χ0n) is 40.5. The van der Waals surface area contributed by atoms with Crippen LogP contribution in [0.15, 0.2) is 74.0 Å². The summed E-state index contributed by atoms with van der Waals surface area (Å²) in [6.45, 7) is -1.00. The third kappa shape index (κ3) is 13.2. The fourth-order valence-electron chi connectivity index (χ4n) is 7.26. The van der Waals surface area contributed by atoms with Gasteiger partial charge in [-0.2, -0.15) is 3.89 Å². The zero-order valence-corrected chi connectivity index (χ0v) is 41.3. The Bertz CT molecular complexity index is 3330. The maximum Gasteiger partial charge on any atom is 0.297 e. The maximum absolute atomic E-state index is 14.1. The summed E-state index contributed by atoms with van der Waals surface area (Å²) in [4.78, 5) is 23.3. The lowest BCUT2D eigenvalue weighted by atomic mass is 10.2. The van der Waals surface area contributed by atoms with Crippen LogP contribution in [-0.2, 0) is 0 Å². The van der Waals surface area contributed by atoms with Gasteiger partial charge in [-0.1, -0.05) is 0 Å². The van der Waals surface area contributed by atoms with Gasteiger partial charge in [0.2, 0.25) is 35.1 Å². The Morgan fingerprint density at radius 1 is 0.457 bits per heavy atom. The van der Waals surface area contributed by atoms with Crippen LogP contribution in [0.2, 0.25) is 0 Å². The topological polar surface area (TPSA) is 196 Å². The van der Waals surface area contributed by atoms with E-state index in [1.807, 2.05) is 0 Å². The first-order valence-electron chi connectivity index (χ1n) is 23.1. The average Bonchev–Trinajstić information content (AvgIpc) is 4.39. The van der Waals surface area contributed by atoms with E-state index in [1.165, 1.54) is 62.0 Å². The van der Waals surface area contributed by atoms with Crippen molar-refractivity contribution in [2.45, 2.75) is 56.3 Å². The van der Waals surface area contributed by atoms with Crippen LogP contribution in [0.4, 0.5) is 69.7 Å². The lowest BCUT2D eigenvalue weighted by Gasteiger charge is -2.07. The highest BCUT2D eigenvalue weighted by Gasteiger charge is 2.58. The molecule has 9 aromatic heterocycles. The van der Waals surface area contributed by atoms with Crippen molar-refractivity contribution in [2.24, 2.45) is 17.8 Å². The molecule has 1 unspecified atom stereocenters. The van der Waals surface area contributed by atoms with E-state index in [2.05, 4.69) is 60.5 Å². The van der Waals surface area contributed by atoms with Crippen molar-refractivity contribution in [2.75, 3.05) is 26.1 Å². The van der Waals surface area contributed by atoms with Crippen molar-refractivity contribution in [3.63, 3.8) is 0 Å². The van der Waals surface area contributed by atoms with Gasteiger partial charge in [-0.25, -0.2) is 80.8 Å². The predicted octanol–water partition coefficient (Wildman–Crippen LogP) is 11.1. The number of halogens is 16. The molecule has 0 radical (unpaired) electrons. The molecule has 9 heterocycles. The van der Waals surface area contributed by atoms with Gasteiger partial charge in [0.05, 0.1) is 73.2 Å². The fraction of sp³-hybridized carbons (Fsp3) is 0.348. The molecule has 0 N–H and O–H groups in total. The maximum atomic E-state index is 14.1. The molecule has 0 aromatic carbocycles. The Kier molecular flexibility index (Phi) is 16.4. The summed E-state index contributed by atoms with van der Waals surface area (Å²) < 4.78 is 225. The van der Waals surface area contributed by atoms with Crippen LogP contribution in [0.25, 0.3) is 50.7 Å². The highest BCUT2D eigenvalue weighted by atomic mass is 32.2. The monoisotopic (exact) mass is 1180 g/mol. The first-order valence-corrected chi connectivity index (χ1v) is 24.2. The van der Waals surface area contributed by atoms with Gasteiger partial charge >= 0.3 is 0 Å². The van der Waals surface area contributed by atoms with Gasteiger partial charge in [-0.05, 0) is 18.2 Å². The summed E-state index contributed by atoms with van der Waals surface area (Å²) in [6.07, 6.45) is 2.97. The van der Waals surface area contributed by atoms with Gasteiger partial charge in [0.15, 0.2) is 34.4 Å². The summed E-state index contributed by atoms with van der Waals surface area (Å²) in [5.41, 5.74) is 1.41. The Morgan fingerprint density at radius 2 is 0.704 bits per heavy atom. The van der Waals surface area contributed by atoms with Gasteiger partial charge in [-0.15, -0.1) is 30.6 Å². The molecule has 0 aliphatic heterocycles. The Morgan fingerprint density at radius 3 is 0.914 bits per heavy atom. The molecule has 3 saturated carbocycles. The van der Waals surface area contributed by atoms with Crippen LogP contribution in [0, 0.1) is 35.2 Å². The second-order valence-corrected chi connectivity index (χ2v) is 18.0. The minimum absolute atomic E-state index is 0.114. The summed E-state index contributed by atoms with van der Waals surface area (Å²) in [7, 11) is 0. The van der Waals surface area contributed by atoms with Gasteiger partial charge in [0, 0.05) is 91.5 Å². The van der Waals surface area contributed by atoms with Gasteiger partial charge in [0.1, 0.15) is 0 Å². The molecular weight excluding hydrogens is 1150 g/mol. The number of rotatable bonds is 15. The molecule has 12 rings (SSSR count). The van der Waals surface area contributed by atoms with Gasteiger partial charge in [0.25, 0.3) is 37.0 Å². The second kappa shape index (κ2) is 23.1. The molecule has 428 valence electrons. The molecule has 35 heteroatoms. The Balaban J connectivity index is 0.000000143. The highest BCUT2D eigenvalue weighted by molar-refractivity contribution is 7.93. The van der Waals surface area contributed by atoms with Crippen LogP contribution in [-0.4, -0.2) is 118 Å². The molecular formula is C46H33F16N15O3S. The van der Waals surface area contributed by atoms with Crippen LogP contribution < -0.4 is 14.2 Å². The third-order valence-corrected chi connectivity index (χ3v) is 12.0. The number of fused-ring (bicyclic) bond motifs is 3. The van der Waals surface area contributed by atoms with Crippen LogP contribution in [0.1, 0.15) is 56.0 Å². The number of hydrogen-bond donors (Lipinski definition) is 0. The van der Waals surface area contributed by atoms with E-state index in [9.17, 15) is 69.7 Å². The highest BCUT2D eigenvalue weighted by Crippen LogP contribution is 2.50. The first kappa shape index (κ1) is 57.4. The van der Waals surface area contributed by atoms with Crippen LogP contribution in [0.5, 0.6) is 17.6 Å². The molecule has 9 aromatic rings. The van der Waals surface area contributed by atoms with E-state index >= 15 is 0 Å². The lowest BCUT2D eigenvalue weighted by Crippen LogP contribution is -2.07. The molecule has 0 saturated heterocycles. The molecule has 81 heavy (non-hydrogen) atoms. The fourth-order valence-corrected chi connectivity index (χ4v) is 7.26. The summed E-state index contributed by atoms with van der Waals surface area (Å²) in [5.74, 6) is -16.6. The molecule has 0 amide bonds. The number of ether oxygens (including phenoxy) is 3. The minimum Gasteiger partial charge on any atom is -0.475 e. The van der Waals surface area contributed by atoms with E-state index in [4.69, 9.17) is 14.2 Å². The molecule has 3 fully saturated rings. The predicted molar refractivity (Wildman–Crippen MR) is 247 cm³/mol. The van der Waals surface area contributed by atoms with E-state index in [0.29, 0.717) is 0 Å². The van der Waals surface area contributed by atoms with Crippen molar-refractivity contribution in [1.29, 1.82) is 0 Å². The van der Waals surface area contributed by atoms with Crippen LogP contribution in [0.3, 0.4) is 0 Å². The van der Waals surface area contributed by atoms with Crippen molar-refractivity contribution in [1.82, 2.24) is 73.7 Å². The molecule has 18 nitrogen and oxygen atoms in total. The molecule has 3 aliphatic rings. The van der Waals surface area contributed by atoms with E-state index < -0.39 is 107 Å². The van der Waals surface area contributed by atoms with E-state index in [-0.39, 0.29) is 102 Å². The van der Waals surface area contributed by atoms with Crippen LogP contribution >= 0.6 is 12.1 Å². The standard InChI is InChI=1S/3C15H10F5N5O.CH3FS/c3*16-9-1-7(3-22-14(9)26-6-8-2-15(8,19)20)10-5-25-11(4-21-10)23-24-13(25)12(17)18;1-3-2/h3*1,3-5,8,12H,2,6H2;1H3/t2*8-;;/m10../s1. The van der Waals surface area contributed by atoms with E-state index in [0.717, 1.165) is 31.4 Å². The summed E-state index contributed by atoms with van der Waals surface area (Å²) in [6, 6.07) is 3.11. The SMILES string of the molecule is CSF.Fc1cc(-c2cn3c(C(F)F)nnc3cn2)cnc1OCC1CC1(F)F.Fc1cc(-c2cn3c(C(F)F)nnc3cn2)cnc1OC[C@@H]1CC1(F)F.Fc1cc(-c2cn3c(C(F)F)nnc3cn2)cnc1OC[C@H]1CC1(F)F. The zero-order chi connectivity index (χ0) is 58.1. The molecule has 0 spiro atoms. The van der Waals surface area contributed by atoms with Crippen molar-refractivity contribution >= 4 is 29.1 Å². The second-order valence-electron chi connectivity index (χ2n) is 17.7. The quantitative estimate of drug-likeness (QED) is 0.0878. The first-order chi connectivity index (χ1) is 38.5. The van der Waals surface area contributed by atoms with Crippen molar-refractivity contribution < 1.29 is 84.0 Å². The lowest BCUT2D eigenvalue weighted by molar-refractivity contribution is 0.0835. The van der Waals surface area contributed by atoms with E-state index in [1.54, 1.807) is 0 Å². The summed E-state index contributed by atoms with van der Waals surface area (Å²) in [5, 5.41) is 20.8. The molecule has 3 atom stereocenters. The normalized spacial score (nSPS) is 18.0.